The van der Waals surface area contributed by atoms with Gasteiger partial charge in [0.2, 0.25) is 0 Å². The number of rotatable bonds is 2. The number of benzene rings is 1. The van der Waals surface area contributed by atoms with Gasteiger partial charge < -0.3 is 4.74 Å². The van der Waals surface area contributed by atoms with E-state index in [1.807, 2.05) is 0 Å². The number of fused-ring (bicyclic) bond motifs is 1. The van der Waals surface area contributed by atoms with E-state index in [4.69, 9.17) is 0 Å². The van der Waals surface area contributed by atoms with Crippen LogP contribution in [0.4, 0.5) is 0 Å². The molecule has 0 heterocycles. The molecule has 0 saturated carbocycles. The summed E-state index contributed by atoms with van der Waals surface area (Å²) in [4.78, 5) is 10.2. The highest BCUT2D eigenvalue weighted by Gasteiger charge is 2.03. The van der Waals surface area contributed by atoms with Crippen molar-refractivity contribution in [2.75, 3.05) is 6.61 Å². The Morgan fingerprint density at radius 2 is 1.62 bits per heavy atom. The van der Waals surface area contributed by atoms with Gasteiger partial charge in [0.1, 0.15) is 0 Å². The molecule has 0 radical (unpaired) electrons. The third-order valence-corrected chi connectivity index (χ3v) is 1.81. The molecule has 0 N–H and O–H groups in total. The van der Waals surface area contributed by atoms with Crippen molar-refractivity contribution in [2.24, 2.45) is 0 Å². The zero-order valence-corrected chi connectivity index (χ0v) is 8.04. The maximum Gasteiger partial charge on any atom is 0.305 e. The van der Waals surface area contributed by atoms with Crippen LogP contribution < -0.4 is 0 Å². The third kappa shape index (κ3) is 2.58. The topological polar surface area (TPSA) is 26.3 Å². The van der Waals surface area contributed by atoms with Crippen LogP contribution in [0.1, 0.15) is 20.3 Å². The summed E-state index contributed by atoms with van der Waals surface area (Å²) >= 11 is 0. The van der Waals surface area contributed by atoms with Gasteiger partial charge >= 0.3 is 5.97 Å². The van der Waals surface area contributed by atoms with Crippen molar-refractivity contribution in [2.45, 2.75) is 20.3 Å². The number of carbonyl (C=O) groups excluding carboxylic acids is 1. The van der Waals surface area contributed by atoms with Crippen molar-refractivity contribution in [3.05, 3.63) is 24.3 Å². The Kier molecular flexibility index (Phi) is 3.50. The highest BCUT2D eigenvalue weighted by molar-refractivity contribution is 5.75. The zero-order chi connectivity index (χ0) is 9.68. The molecule has 0 aromatic rings. The van der Waals surface area contributed by atoms with E-state index in [0.29, 0.717) is 13.0 Å². The van der Waals surface area contributed by atoms with E-state index in [1.165, 1.54) is 11.1 Å². The summed E-state index contributed by atoms with van der Waals surface area (Å²) in [5.41, 5.74) is 2.85. The molecule has 13 heavy (non-hydrogen) atoms. The summed E-state index contributed by atoms with van der Waals surface area (Å²) < 4.78 is 4.55. The van der Waals surface area contributed by atoms with Crippen LogP contribution in [0.2, 0.25) is 0 Å². The summed E-state index contributed by atoms with van der Waals surface area (Å²) in [6.07, 6.45) is 0.480. The molecule has 0 aromatic heterocycles. The molecule has 2 heteroatoms. The Balaban J connectivity index is 0.000000130. The van der Waals surface area contributed by atoms with Crippen LogP contribution in [0.15, 0.2) is 24.3 Å². The first-order valence-electron chi connectivity index (χ1n) is 4.54. The minimum atomic E-state index is -0.123. The monoisotopic (exact) mass is 178 g/mol. The maximum atomic E-state index is 10.2. The first-order chi connectivity index (χ1) is 6.27. The second-order valence-electron chi connectivity index (χ2n) is 2.74. The van der Waals surface area contributed by atoms with Gasteiger partial charge in [-0.3, -0.25) is 4.79 Å². The lowest BCUT2D eigenvalue weighted by Gasteiger charge is -2.10. The van der Waals surface area contributed by atoms with Gasteiger partial charge in [-0.1, -0.05) is 31.2 Å². The van der Waals surface area contributed by atoms with E-state index < -0.39 is 0 Å². The normalized spacial score (nSPS) is 9.69. The SMILES string of the molecule is CCOC(=O)CC.c1cc2ccc1-2. The molecule has 0 bridgehead atoms. The van der Waals surface area contributed by atoms with Crippen LogP contribution in [-0.4, -0.2) is 12.6 Å². The summed E-state index contributed by atoms with van der Waals surface area (Å²) in [7, 11) is 0. The van der Waals surface area contributed by atoms with E-state index in [1.54, 1.807) is 13.8 Å². The smallest absolute Gasteiger partial charge is 0.305 e. The van der Waals surface area contributed by atoms with Crippen molar-refractivity contribution in [3.8, 4) is 11.1 Å². The van der Waals surface area contributed by atoms with Gasteiger partial charge in [0.05, 0.1) is 6.61 Å². The number of hydrogen-bond donors (Lipinski definition) is 0. The van der Waals surface area contributed by atoms with Gasteiger partial charge in [-0.25, -0.2) is 0 Å². The molecule has 2 aliphatic carbocycles. The molecule has 0 atom stereocenters. The average Bonchev–Trinajstić information content (AvgIpc) is 2.12. The average molecular weight is 178 g/mol. The largest absolute Gasteiger partial charge is 0.466 e. The van der Waals surface area contributed by atoms with Gasteiger partial charge in [0, 0.05) is 6.42 Å². The van der Waals surface area contributed by atoms with E-state index in [2.05, 4.69) is 29.0 Å². The second-order valence-corrected chi connectivity index (χ2v) is 2.74. The van der Waals surface area contributed by atoms with Crippen molar-refractivity contribution in [1.29, 1.82) is 0 Å². The first-order valence-corrected chi connectivity index (χ1v) is 4.54. The predicted octanol–water partition coefficient (Wildman–Crippen LogP) is 2.63. The lowest BCUT2D eigenvalue weighted by Crippen LogP contribution is -2.00. The van der Waals surface area contributed by atoms with Gasteiger partial charge in [-0.2, -0.15) is 0 Å². The molecule has 2 rings (SSSR count). The quantitative estimate of drug-likeness (QED) is 0.661. The fourth-order valence-corrected chi connectivity index (χ4v) is 0.926. The van der Waals surface area contributed by atoms with Crippen molar-refractivity contribution in [3.63, 3.8) is 0 Å². The first kappa shape index (κ1) is 9.78. The van der Waals surface area contributed by atoms with Gasteiger partial charge in [-0.15, -0.1) is 0 Å². The lowest BCUT2D eigenvalue weighted by atomic mass is 9.95. The van der Waals surface area contributed by atoms with E-state index in [-0.39, 0.29) is 5.97 Å². The minimum Gasteiger partial charge on any atom is -0.466 e. The number of ether oxygens (including phenoxy) is 1. The van der Waals surface area contributed by atoms with Crippen LogP contribution >= 0.6 is 0 Å². The van der Waals surface area contributed by atoms with Gasteiger partial charge in [0.25, 0.3) is 0 Å². The fraction of sp³-hybridized carbons (Fsp3) is 0.364. The molecule has 0 amide bonds. The standard InChI is InChI=1S/C6H4.C5H10O2/c1-2-6-4-3-5(1)6;1-3-5(6)7-4-2/h1-4H;3-4H2,1-2H3. The van der Waals surface area contributed by atoms with E-state index >= 15 is 0 Å². The Morgan fingerprint density at radius 1 is 1.15 bits per heavy atom. The third-order valence-electron chi connectivity index (χ3n) is 1.81. The minimum absolute atomic E-state index is 0.123. The second kappa shape index (κ2) is 4.65. The molecule has 0 spiro atoms. The molecule has 2 nitrogen and oxygen atoms in total. The van der Waals surface area contributed by atoms with E-state index in [9.17, 15) is 4.79 Å². The van der Waals surface area contributed by atoms with E-state index in [0.717, 1.165) is 0 Å². The highest BCUT2D eigenvalue weighted by Crippen LogP contribution is 2.29. The molecule has 0 aliphatic heterocycles. The molecule has 0 unspecified atom stereocenters. The van der Waals surface area contributed by atoms with Crippen molar-refractivity contribution in [1.82, 2.24) is 0 Å². The highest BCUT2D eigenvalue weighted by atomic mass is 16.5. The Labute approximate surface area is 78.5 Å². The predicted molar refractivity (Wildman–Crippen MR) is 52.4 cm³/mol. The summed E-state index contributed by atoms with van der Waals surface area (Å²) in [5, 5.41) is 0. The molecular formula is C11H14O2. The summed E-state index contributed by atoms with van der Waals surface area (Å²) in [5.74, 6) is -0.123. The van der Waals surface area contributed by atoms with Gasteiger partial charge in [-0.05, 0) is 18.1 Å². The molecule has 70 valence electrons. The van der Waals surface area contributed by atoms with Crippen LogP contribution in [-0.2, 0) is 9.53 Å². The number of esters is 1. The van der Waals surface area contributed by atoms with Gasteiger partial charge in [0.15, 0.2) is 0 Å². The molecular weight excluding hydrogens is 164 g/mol. The maximum absolute atomic E-state index is 10.2. The molecule has 0 fully saturated rings. The molecule has 0 aromatic carbocycles. The summed E-state index contributed by atoms with van der Waals surface area (Å²) in [6, 6.07) is 8.48. The zero-order valence-electron chi connectivity index (χ0n) is 8.04. The molecule has 0 saturated heterocycles. The Morgan fingerprint density at radius 3 is 1.69 bits per heavy atom. The number of carbonyl (C=O) groups is 1. The van der Waals surface area contributed by atoms with Crippen LogP contribution in [0.3, 0.4) is 0 Å². The van der Waals surface area contributed by atoms with Crippen LogP contribution in [0.5, 0.6) is 0 Å². The van der Waals surface area contributed by atoms with Crippen molar-refractivity contribution < 1.29 is 9.53 Å². The Hall–Kier alpha value is -1.31. The fourth-order valence-electron chi connectivity index (χ4n) is 0.926. The van der Waals surface area contributed by atoms with Crippen LogP contribution in [0.25, 0.3) is 11.1 Å². The van der Waals surface area contributed by atoms with Crippen molar-refractivity contribution >= 4 is 5.97 Å². The lowest BCUT2D eigenvalue weighted by molar-refractivity contribution is -0.142. The number of hydrogen-bond acceptors (Lipinski definition) is 2. The summed E-state index contributed by atoms with van der Waals surface area (Å²) in [6.45, 7) is 4.07. The molecule has 2 aliphatic rings. The van der Waals surface area contributed by atoms with Crippen LogP contribution in [0, 0.1) is 0 Å². The Bertz CT molecular complexity index is 254.